The van der Waals surface area contributed by atoms with Gasteiger partial charge in [-0.25, -0.2) is 0 Å². The van der Waals surface area contributed by atoms with Gasteiger partial charge in [0, 0.05) is 9.75 Å². The number of halogens is 2. The first kappa shape index (κ1) is 14.0. The molecule has 0 amide bonds. The Labute approximate surface area is 129 Å². The highest BCUT2D eigenvalue weighted by molar-refractivity contribution is 9.28. The second kappa shape index (κ2) is 6.18. The van der Waals surface area contributed by atoms with Crippen LogP contribution in [0.15, 0.2) is 39.8 Å². The van der Waals surface area contributed by atoms with Crippen LogP contribution in [0.1, 0.15) is 30.2 Å². The molecule has 94 valence electrons. The van der Waals surface area contributed by atoms with E-state index >= 15 is 0 Å². The molecular formula is C15H14Br2S. The Bertz CT molecular complexity index is 563. The van der Waals surface area contributed by atoms with E-state index in [-0.39, 0.29) is 0 Å². The highest BCUT2D eigenvalue weighted by atomic mass is 79.9. The van der Waals surface area contributed by atoms with E-state index in [1.807, 2.05) is 0 Å². The van der Waals surface area contributed by atoms with E-state index in [4.69, 9.17) is 0 Å². The Balaban J connectivity index is 2.34. The number of hydrogen-bond acceptors (Lipinski definition) is 1. The Morgan fingerprint density at radius 1 is 1.17 bits per heavy atom. The van der Waals surface area contributed by atoms with Gasteiger partial charge in [-0.2, -0.15) is 0 Å². The van der Waals surface area contributed by atoms with Crippen molar-refractivity contribution in [1.29, 1.82) is 0 Å². The maximum absolute atomic E-state index is 3.39. The van der Waals surface area contributed by atoms with E-state index in [0.29, 0.717) is 5.92 Å². The van der Waals surface area contributed by atoms with E-state index < -0.39 is 0 Å². The lowest BCUT2D eigenvalue weighted by Gasteiger charge is -2.06. The first-order valence-electron chi connectivity index (χ1n) is 5.79. The van der Waals surface area contributed by atoms with E-state index in [1.165, 1.54) is 20.9 Å². The zero-order chi connectivity index (χ0) is 13.1. The zero-order valence-electron chi connectivity index (χ0n) is 10.3. The van der Waals surface area contributed by atoms with Gasteiger partial charge in [-0.3, -0.25) is 0 Å². The molecule has 1 aromatic heterocycles. The minimum atomic E-state index is 0.570. The molecule has 0 nitrogen and oxygen atoms in total. The summed E-state index contributed by atoms with van der Waals surface area (Å²) in [5, 5.41) is 0. The molecule has 0 N–H and O–H groups in total. The van der Waals surface area contributed by atoms with Crippen molar-refractivity contribution in [2.75, 3.05) is 0 Å². The monoisotopic (exact) mass is 384 g/mol. The smallest absolute Gasteiger partial charge is 0.0618 e. The standard InChI is InChI=1S/C15H14Br2S/c1-10(2)11-4-3-5-12(8-11)14-7-6-13(18-14)9-15(16)17/h3-10H,1-2H3. The van der Waals surface area contributed by atoms with Gasteiger partial charge in [0.2, 0.25) is 0 Å². The fraction of sp³-hybridized carbons (Fsp3) is 0.200. The summed E-state index contributed by atoms with van der Waals surface area (Å²) in [5.74, 6) is 0.570. The Hall–Kier alpha value is -0.380. The van der Waals surface area contributed by atoms with Gasteiger partial charge in [-0.05, 0) is 67.1 Å². The van der Waals surface area contributed by atoms with Crippen molar-refractivity contribution in [1.82, 2.24) is 0 Å². The highest BCUT2D eigenvalue weighted by Gasteiger charge is 2.04. The van der Waals surface area contributed by atoms with Crippen molar-refractivity contribution in [2.24, 2.45) is 0 Å². The van der Waals surface area contributed by atoms with E-state index in [1.54, 1.807) is 11.3 Å². The van der Waals surface area contributed by atoms with Crippen molar-refractivity contribution in [2.45, 2.75) is 19.8 Å². The predicted octanol–water partition coefficient (Wildman–Crippen LogP) is 6.63. The molecule has 0 aliphatic heterocycles. The summed E-state index contributed by atoms with van der Waals surface area (Å²) in [4.78, 5) is 2.55. The van der Waals surface area contributed by atoms with Crippen LogP contribution in [0.3, 0.4) is 0 Å². The lowest BCUT2D eigenvalue weighted by molar-refractivity contribution is 0.867. The Morgan fingerprint density at radius 2 is 1.94 bits per heavy atom. The van der Waals surface area contributed by atoms with E-state index in [9.17, 15) is 0 Å². The van der Waals surface area contributed by atoms with Crippen LogP contribution in [0.25, 0.3) is 16.5 Å². The molecule has 0 bridgehead atoms. The second-order valence-electron chi connectivity index (χ2n) is 4.42. The molecule has 0 saturated heterocycles. The quantitative estimate of drug-likeness (QED) is 0.556. The fourth-order valence-electron chi connectivity index (χ4n) is 1.74. The van der Waals surface area contributed by atoms with Gasteiger partial charge >= 0.3 is 0 Å². The summed E-state index contributed by atoms with van der Waals surface area (Å²) in [7, 11) is 0. The van der Waals surface area contributed by atoms with Crippen molar-refractivity contribution in [3.63, 3.8) is 0 Å². The largest absolute Gasteiger partial charge is 0.136 e. The maximum Gasteiger partial charge on any atom is 0.0618 e. The molecule has 1 aromatic carbocycles. The molecule has 0 aliphatic rings. The van der Waals surface area contributed by atoms with Crippen LogP contribution in [-0.2, 0) is 0 Å². The molecule has 0 aliphatic carbocycles. The molecule has 0 atom stereocenters. The average Bonchev–Trinajstić information content (AvgIpc) is 2.77. The van der Waals surface area contributed by atoms with Crippen molar-refractivity contribution < 1.29 is 0 Å². The van der Waals surface area contributed by atoms with Gasteiger partial charge in [0.05, 0.1) is 3.39 Å². The van der Waals surface area contributed by atoms with E-state index in [0.717, 1.165) is 3.39 Å². The van der Waals surface area contributed by atoms with Crippen LogP contribution < -0.4 is 0 Å². The van der Waals surface area contributed by atoms with Crippen LogP contribution >= 0.6 is 43.2 Å². The molecule has 0 saturated carbocycles. The third-order valence-corrected chi connectivity index (χ3v) is 4.26. The molecule has 1 heterocycles. The minimum absolute atomic E-state index is 0.570. The molecule has 0 fully saturated rings. The number of thiophene rings is 1. The van der Waals surface area contributed by atoms with Crippen LogP contribution in [0.4, 0.5) is 0 Å². The first-order valence-corrected chi connectivity index (χ1v) is 8.19. The van der Waals surface area contributed by atoms with Crippen LogP contribution in [-0.4, -0.2) is 0 Å². The molecule has 0 radical (unpaired) electrons. The second-order valence-corrected chi connectivity index (χ2v) is 8.30. The molecule has 0 unspecified atom stereocenters. The van der Waals surface area contributed by atoms with Gasteiger partial charge in [0.1, 0.15) is 0 Å². The van der Waals surface area contributed by atoms with E-state index in [2.05, 4.69) is 88.2 Å². The normalized spacial score (nSPS) is 10.7. The average molecular weight is 386 g/mol. The van der Waals surface area contributed by atoms with Gasteiger partial charge in [-0.1, -0.05) is 38.1 Å². The molecule has 3 heteroatoms. The molecule has 0 spiro atoms. The van der Waals surface area contributed by atoms with Crippen molar-refractivity contribution >= 4 is 49.3 Å². The molecule has 2 rings (SSSR count). The third kappa shape index (κ3) is 3.56. The predicted molar refractivity (Wildman–Crippen MR) is 89.7 cm³/mol. The molecular weight excluding hydrogens is 372 g/mol. The summed E-state index contributed by atoms with van der Waals surface area (Å²) < 4.78 is 0.972. The van der Waals surface area contributed by atoms with Crippen LogP contribution in [0, 0.1) is 0 Å². The Morgan fingerprint density at radius 3 is 2.61 bits per heavy atom. The minimum Gasteiger partial charge on any atom is -0.136 e. The number of hydrogen-bond donors (Lipinski definition) is 0. The Kier molecular flexibility index (Phi) is 4.82. The topological polar surface area (TPSA) is 0 Å². The van der Waals surface area contributed by atoms with Crippen LogP contribution in [0.5, 0.6) is 0 Å². The summed E-state index contributed by atoms with van der Waals surface area (Å²) in [6.07, 6.45) is 2.07. The van der Waals surface area contributed by atoms with Crippen molar-refractivity contribution in [3.05, 3.63) is 50.2 Å². The summed E-state index contributed by atoms with van der Waals surface area (Å²) in [6, 6.07) is 13.1. The number of rotatable bonds is 3. The van der Waals surface area contributed by atoms with Crippen LogP contribution in [0.2, 0.25) is 0 Å². The van der Waals surface area contributed by atoms with Gasteiger partial charge in [0.15, 0.2) is 0 Å². The molecule has 2 aromatic rings. The third-order valence-electron chi connectivity index (χ3n) is 2.72. The lowest BCUT2D eigenvalue weighted by atomic mass is 10.0. The first-order chi connectivity index (χ1) is 8.56. The fourth-order valence-corrected chi connectivity index (χ4v) is 3.49. The number of benzene rings is 1. The summed E-state index contributed by atoms with van der Waals surface area (Å²) >= 11 is 8.58. The summed E-state index contributed by atoms with van der Waals surface area (Å²) in [6.45, 7) is 4.45. The maximum atomic E-state index is 3.39. The van der Waals surface area contributed by atoms with Gasteiger partial charge < -0.3 is 0 Å². The molecule has 18 heavy (non-hydrogen) atoms. The van der Waals surface area contributed by atoms with Gasteiger partial charge in [0.25, 0.3) is 0 Å². The van der Waals surface area contributed by atoms with Crippen molar-refractivity contribution in [3.8, 4) is 10.4 Å². The zero-order valence-corrected chi connectivity index (χ0v) is 14.3. The summed E-state index contributed by atoms with van der Waals surface area (Å²) in [5.41, 5.74) is 2.69. The van der Waals surface area contributed by atoms with Gasteiger partial charge in [-0.15, -0.1) is 11.3 Å². The highest BCUT2D eigenvalue weighted by Crippen LogP contribution is 2.32. The lowest BCUT2D eigenvalue weighted by Crippen LogP contribution is -1.86. The SMILES string of the molecule is CC(C)c1cccc(-c2ccc(C=C(Br)Br)s2)c1.